The van der Waals surface area contributed by atoms with Gasteiger partial charge in [0, 0.05) is 31.7 Å². The number of aromatic nitrogens is 2. The molecule has 1 aromatic rings. The van der Waals surface area contributed by atoms with Crippen molar-refractivity contribution in [2.45, 2.75) is 39.7 Å². The molecule has 1 saturated heterocycles. The molecule has 20 heavy (non-hydrogen) atoms. The van der Waals surface area contributed by atoms with Gasteiger partial charge in [-0.2, -0.15) is 5.10 Å². The van der Waals surface area contributed by atoms with Crippen LogP contribution in [-0.2, 0) is 19.4 Å². The summed E-state index contributed by atoms with van der Waals surface area (Å²) in [6, 6.07) is 0. The smallest absolute Gasteiger partial charge is 0.156 e. The van der Waals surface area contributed by atoms with Crippen LogP contribution in [0.4, 0.5) is 5.82 Å². The minimum absolute atomic E-state index is 0.549. The van der Waals surface area contributed by atoms with E-state index in [1.165, 1.54) is 17.5 Å². The van der Waals surface area contributed by atoms with Gasteiger partial charge in [0.25, 0.3) is 0 Å². The van der Waals surface area contributed by atoms with Crippen molar-refractivity contribution < 1.29 is 0 Å². The molecular weight excluding hydrogens is 250 g/mol. The lowest BCUT2D eigenvalue weighted by Gasteiger charge is -2.25. The van der Waals surface area contributed by atoms with E-state index in [1.807, 2.05) is 0 Å². The number of nitrogens with two attached hydrogens (primary N) is 1. The zero-order valence-corrected chi connectivity index (χ0v) is 13.0. The first kappa shape index (κ1) is 15.2. The minimum atomic E-state index is 0.549. The minimum Gasteiger partial charge on any atom is -0.354 e. The van der Waals surface area contributed by atoms with Crippen molar-refractivity contribution in [2.75, 3.05) is 38.1 Å². The molecule has 0 aromatic carbocycles. The second-order valence-corrected chi connectivity index (χ2v) is 5.48. The molecule has 0 unspecified atom stereocenters. The predicted octanol–water partition coefficient (Wildman–Crippen LogP) is 1.20. The fourth-order valence-electron chi connectivity index (χ4n) is 2.97. The van der Waals surface area contributed by atoms with Crippen LogP contribution < -0.4 is 10.6 Å². The first-order valence-electron chi connectivity index (χ1n) is 7.72. The first-order valence-corrected chi connectivity index (χ1v) is 7.72. The van der Waals surface area contributed by atoms with Crippen LogP contribution in [0.25, 0.3) is 0 Å². The van der Waals surface area contributed by atoms with Gasteiger partial charge in [0.15, 0.2) is 5.82 Å². The van der Waals surface area contributed by atoms with Gasteiger partial charge in [0.05, 0.1) is 5.69 Å². The van der Waals surface area contributed by atoms with Gasteiger partial charge in [-0.1, -0.05) is 13.8 Å². The van der Waals surface area contributed by atoms with Gasteiger partial charge in [-0.15, -0.1) is 5.10 Å². The molecule has 1 aliphatic rings. The molecule has 0 aliphatic carbocycles. The molecule has 1 aromatic heterocycles. The van der Waals surface area contributed by atoms with E-state index in [0.717, 1.165) is 50.5 Å². The number of anilines is 1. The molecule has 0 spiro atoms. The summed E-state index contributed by atoms with van der Waals surface area (Å²) in [6.45, 7) is 9.12. The normalized spacial score (nSPS) is 17.3. The molecule has 5 heteroatoms. The monoisotopic (exact) mass is 277 g/mol. The van der Waals surface area contributed by atoms with Crippen LogP contribution in [0.3, 0.4) is 0 Å². The third-order valence-corrected chi connectivity index (χ3v) is 4.16. The highest BCUT2D eigenvalue weighted by Gasteiger charge is 2.20. The highest BCUT2D eigenvalue weighted by molar-refractivity contribution is 5.51. The van der Waals surface area contributed by atoms with Gasteiger partial charge in [-0.25, -0.2) is 0 Å². The van der Waals surface area contributed by atoms with Gasteiger partial charge in [0.1, 0.15) is 0 Å². The SMILES string of the molecule is CCc1nnc(N2CCCN(C)CC2)c(CN)c1CC. The molecule has 0 amide bonds. The summed E-state index contributed by atoms with van der Waals surface area (Å²) in [5.41, 5.74) is 9.62. The van der Waals surface area contributed by atoms with E-state index in [4.69, 9.17) is 5.73 Å². The lowest BCUT2D eigenvalue weighted by atomic mass is 10.0. The molecule has 0 radical (unpaired) electrons. The van der Waals surface area contributed by atoms with E-state index < -0.39 is 0 Å². The summed E-state index contributed by atoms with van der Waals surface area (Å²) < 4.78 is 0. The highest BCUT2D eigenvalue weighted by Crippen LogP contribution is 2.24. The number of hydrogen-bond acceptors (Lipinski definition) is 5. The second kappa shape index (κ2) is 6.99. The molecule has 5 nitrogen and oxygen atoms in total. The van der Waals surface area contributed by atoms with Crippen molar-refractivity contribution in [3.8, 4) is 0 Å². The third-order valence-electron chi connectivity index (χ3n) is 4.16. The Bertz CT molecular complexity index is 446. The van der Waals surface area contributed by atoms with Crippen LogP contribution >= 0.6 is 0 Å². The van der Waals surface area contributed by atoms with Crippen molar-refractivity contribution in [1.29, 1.82) is 0 Å². The summed E-state index contributed by atoms with van der Waals surface area (Å²) in [5.74, 6) is 1.01. The molecule has 2 N–H and O–H groups in total. The summed E-state index contributed by atoms with van der Waals surface area (Å²) in [6.07, 6.45) is 3.07. The molecule has 2 heterocycles. The fraction of sp³-hybridized carbons (Fsp3) is 0.733. The first-order chi connectivity index (χ1) is 9.71. The summed E-state index contributed by atoms with van der Waals surface area (Å²) >= 11 is 0. The van der Waals surface area contributed by atoms with Crippen LogP contribution in [-0.4, -0.2) is 48.3 Å². The Kier molecular flexibility index (Phi) is 5.31. The van der Waals surface area contributed by atoms with E-state index in [0.29, 0.717) is 6.54 Å². The molecule has 1 fully saturated rings. The van der Waals surface area contributed by atoms with Crippen molar-refractivity contribution in [2.24, 2.45) is 5.73 Å². The molecule has 0 bridgehead atoms. The number of rotatable bonds is 4. The average Bonchev–Trinajstić information content (AvgIpc) is 2.70. The van der Waals surface area contributed by atoms with E-state index in [2.05, 4.69) is 40.9 Å². The number of nitrogens with zero attached hydrogens (tertiary/aromatic N) is 4. The Labute approximate surface area is 122 Å². The van der Waals surface area contributed by atoms with E-state index in [9.17, 15) is 0 Å². The summed E-state index contributed by atoms with van der Waals surface area (Å²) in [7, 11) is 2.18. The van der Waals surface area contributed by atoms with Crippen molar-refractivity contribution in [3.05, 3.63) is 16.8 Å². The van der Waals surface area contributed by atoms with Crippen LogP contribution in [0, 0.1) is 0 Å². The van der Waals surface area contributed by atoms with Crippen molar-refractivity contribution in [3.63, 3.8) is 0 Å². The fourth-order valence-corrected chi connectivity index (χ4v) is 2.97. The van der Waals surface area contributed by atoms with Crippen LogP contribution in [0.15, 0.2) is 0 Å². The second-order valence-electron chi connectivity index (χ2n) is 5.48. The van der Waals surface area contributed by atoms with Crippen LogP contribution in [0.2, 0.25) is 0 Å². The maximum Gasteiger partial charge on any atom is 0.156 e. The number of aryl methyl sites for hydroxylation is 1. The topological polar surface area (TPSA) is 58.3 Å². The van der Waals surface area contributed by atoms with Gasteiger partial charge < -0.3 is 15.5 Å². The lowest BCUT2D eigenvalue weighted by molar-refractivity contribution is 0.360. The molecule has 1 aliphatic heterocycles. The number of likely N-dealkylation sites (N-methyl/N-ethyl adjacent to an activating group) is 1. The zero-order valence-electron chi connectivity index (χ0n) is 13.0. The Morgan fingerprint density at radius 1 is 1.00 bits per heavy atom. The van der Waals surface area contributed by atoms with Gasteiger partial charge in [0.2, 0.25) is 0 Å². The van der Waals surface area contributed by atoms with E-state index in [-0.39, 0.29) is 0 Å². The molecule has 0 atom stereocenters. The maximum absolute atomic E-state index is 6.02. The quantitative estimate of drug-likeness (QED) is 0.896. The van der Waals surface area contributed by atoms with E-state index >= 15 is 0 Å². The highest BCUT2D eigenvalue weighted by atomic mass is 15.3. The lowest BCUT2D eigenvalue weighted by Crippen LogP contribution is -2.31. The maximum atomic E-state index is 6.02. The Balaban J connectivity index is 2.35. The Hall–Kier alpha value is -1.20. The van der Waals surface area contributed by atoms with Crippen LogP contribution in [0.5, 0.6) is 0 Å². The van der Waals surface area contributed by atoms with Crippen molar-refractivity contribution in [1.82, 2.24) is 15.1 Å². The van der Waals surface area contributed by atoms with Crippen molar-refractivity contribution >= 4 is 5.82 Å². The third kappa shape index (κ3) is 3.10. The Morgan fingerprint density at radius 3 is 2.45 bits per heavy atom. The molecular formula is C15H27N5. The largest absolute Gasteiger partial charge is 0.354 e. The summed E-state index contributed by atoms with van der Waals surface area (Å²) in [5, 5.41) is 8.94. The summed E-state index contributed by atoms with van der Waals surface area (Å²) in [4.78, 5) is 4.73. The average molecular weight is 277 g/mol. The van der Waals surface area contributed by atoms with Gasteiger partial charge >= 0.3 is 0 Å². The zero-order chi connectivity index (χ0) is 14.5. The number of hydrogen-bond donors (Lipinski definition) is 1. The van der Waals surface area contributed by atoms with Gasteiger partial charge in [-0.05, 0) is 38.4 Å². The molecule has 112 valence electrons. The molecule has 2 rings (SSSR count). The molecule has 0 saturated carbocycles. The van der Waals surface area contributed by atoms with E-state index in [1.54, 1.807) is 0 Å². The van der Waals surface area contributed by atoms with Gasteiger partial charge in [-0.3, -0.25) is 0 Å². The Morgan fingerprint density at radius 2 is 1.80 bits per heavy atom. The standard InChI is InChI=1S/C15H27N5/c1-4-12-13(11-16)15(18-17-14(12)5-2)20-8-6-7-19(3)9-10-20/h4-11,16H2,1-3H3. The van der Waals surface area contributed by atoms with Crippen LogP contribution in [0.1, 0.15) is 37.1 Å². The predicted molar refractivity (Wildman–Crippen MR) is 83.0 cm³/mol.